The zero-order chi connectivity index (χ0) is 17.3. The highest BCUT2D eigenvalue weighted by atomic mass is 16.1. The Morgan fingerprint density at radius 3 is 2.67 bits per heavy atom. The van der Waals surface area contributed by atoms with E-state index in [1.807, 2.05) is 25.1 Å². The maximum Gasteiger partial charge on any atom is 0.255 e. The molecule has 3 aromatic heterocycles. The Balaban J connectivity index is 1.96. The van der Waals surface area contributed by atoms with Crippen LogP contribution in [0.4, 0.5) is 0 Å². The molecular formula is C18H21N5O. The molecule has 0 spiro atoms. The predicted molar refractivity (Wildman–Crippen MR) is 93.5 cm³/mol. The number of aromatic nitrogens is 4. The molecule has 6 heteroatoms. The van der Waals surface area contributed by atoms with Crippen LogP contribution in [0.1, 0.15) is 38.1 Å². The van der Waals surface area contributed by atoms with Crippen LogP contribution in [0.3, 0.4) is 0 Å². The van der Waals surface area contributed by atoms with Crippen LogP contribution in [0.5, 0.6) is 0 Å². The van der Waals surface area contributed by atoms with Crippen molar-refractivity contribution in [2.24, 2.45) is 5.41 Å². The molecule has 0 aromatic carbocycles. The number of fused-ring (bicyclic) bond motifs is 1. The van der Waals surface area contributed by atoms with Crippen LogP contribution in [-0.4, -0.2) is 31.9 Å². The molecule has 3 aromatic rings. The minimum absolute atomic E-state index is 0.0213. The van der Waals surface area contributed by atoms with Gasteiger partial charge in [0, 0.05) is 18.4 Å². The molecule has 0 saturated heterocycles. The van der Waals surface area contributed by atoms with Gasteiger partial charge in [-0.15, -0.1) is 0 Å². The van der Waals surface area contributed by atoms with E-state index in [4.69, 9.17) is 0 Å². The molecular weight excluding hydrogens is 302 g/mol. The quantitative estimate of drug-likeness (QED) is 0.775. The molecule has 6 nitrogen and oxygen atoms in total. The van der Waals surface area contributed by atoms with Crippen molar-refractivity contribution in [2.75, 3.05) is 0 Å². The molecule has 0 saturated carbocycles. The Hall–Kier alpha value is -2.76. The SMILES string of the molecule is C[C@H](NC(=O)c1c[nH]c2ncc(-c3ccccn3)nc12)C(C)(C)C. The van der Waals surface area contributed by atoms with Crippen LogP contribution in [0.25, 0.3) is 22.6 Å². The normalized spacial score (nSPS) is 13.0. The second-order valence-corrected chi connectivity index (χ2v) is 6.93. The molecule has 3 heterocycles. The Kier molecular flexibility index (Phi) is 4.05. The maximum absolute atomic E-state index is 12.6. The van der Waals surface area contributed by atoms with E-state index in [-0.39, 0.29) is 17.4 Å². The molecule has 0 aliphatic heterocycles. The zero-order valence-corrected chi connectivity index (χ0v) is 14.3. The van der Waals surface area contributed by atoms with Crippen LogP contribution in [0.2, 0.25) is 0 Å². The summed E-state index contributed by atoms with van der Waals surface area (Å²) in [4.78, 5) is 28.8. The van der Waals surface area contributed by atoms with E-state index in [0.29, 0.717) is 22.4 Å². The number of nitrogens with zero attached hydrogens (tertiary/aromatic N) is 3. The number of carbonyl (C=O) groups excluding carboxylic acids is 1. The highest BCUT2D eigenvalue weighted by Crippen LogP contribution is 2.22. The van der Waals surface area contributed by atoms with E-state index in [2.05, 4.69) is 46.0 Å². The first-order valence-electron chi connectivity index (χ1n) is 7.92. The number of nitrogens with one attached hydrogen (secondary N) is 2. The fourth-order valence-corrected chi connectivity index (χ4v) is 2.19. The number of rotatable bonds is 3. The van der Waals surface area contributed by atoms with Gasteiger partial charge in [-0.1, -0.05) is 26.8 Å². The molecule has 0 radical (unpaired) electrons. The fourth-order valence-electron chi connectivity index (χ4n) is 2.19. The number of aromatic amines is 1. The third kappa shape index (κ3) is 3.13. The molecule has 0 aliphatic rings. The summed E-state index contributed by atoms with van der Waals surface area (Å²) < 4.78 is 0. The molecule has 0 unspecified atom stereocenters. The van der Waals surface area contributed by atoms with Gasteiger partial charge in [0.2, 0.25) is 0 Å². The number of H-pyrrole nitrogens is 1. The van der Waals surface area contributed by atoms with Gasteiger partial charge < -0.3 is 10.3 Å². The molecule has 3 rings (SSSR count). The van der Waals surface area contributed by atoms with Crippen LogP contribution in [-0.2, 0) is 0 Å². The lowest BCUT2D eigenvalue weighted by molar-refractivity contribution is 0.0911. The van der Waals surface area contributed by atoms with Gasteiger partial charge in [-0.05, 0) is 24.5 Å². The monoisotopic (exact) mass is 323 g/mol. The molecule has 0 fully saturated rings. The third-order valence-corrected chi connectivity index (χ3v) is 4.20. The van der Waals surface area contributed by atoms with Crippen LogP contribution in [0.15, 0.2) is 36.8 Å². The van der Waals surface area contributed by atoms with Gasteiger partial charge in [-0.25, -0.2) is 9.97 Å². The van der Waals surface area contributed by atoms with Crippen molar-refractivity contribution in [1.29, 1.82) is 0 Å². The highest BCUT2D eigenvalue weighted by molar-refractivity contribution is 6.04. The summed E-state index contributed by atoms with van der Waals surface area (Å²) in [6.07, 6.45) is 5.01. The largest absolute Gasteiger partial charge is 0.349 e. The van der Waals surface area contributed by atoms with Crippen molar-refractivity contribution in [3.05, 3.63) is 42.4 Å². The Labute approximate surface area is 140 Å². The predicted octanol–water partition coefficient (Wildman–Crippen LogP) is 3.18. The average Bonchev–Trinajstić information content (AvgIpc) is 2.97. The summed E-state index contributed by atoms with van der Waals surface area (Å²) in [6.45, 7) is 8.27. The second-order valence-electron chi connectivity index (χ2n) is 6.93. The first-order valence-corrected chi connectivity index (χ1v) is 7.92. The summed E-state index contributed by atoms with van der Waals surface area (Å²) >= 11 is 0. The van der Waals surface area contributed by atoms with Gasteiger partial charge in [0.1, 0.15) is 11.2 Å². The second kappa shape index (κ2) is 6.03. The van der Waals surface area contributed by atoms with E-state index in [9.17, 15) is 4.79 Å². The van der Waals surface area contributed by atoms with E-state index in [1.165, 1.54) is 0 Å². The van der Waals surface area contributed by atoms with Gasteiger partial charge in [0.05, 0.1) is 17.5 Å². The van der Waals surface area contributed by atoms with Gasteiger partial charge in [-0.3, -0.25) is 9.78 Å². The molecule has 1 amide bonds. The van der Waals surface area contributed by atoms with Gasteiger partial charge >= 0.3 is 0 Å². The number of hydrogen-bond donors (Lipinski definition) is 2. The first-order chi connectivity index (χ1) is 11.4. The van der Waals surface area contributed by atoms with Crippen LogP contribution >= 0.6 is 0 Å². The minimum Gasteiger partial charge on any atom is -0.349 e. The number of hydrogen-bond acceptors (Lipinski definition) is 4. The summed E-state index contributed by atoms with van der Waals surface area (Å²) in [6, 6.07) is 5.63. The van der Waals surface area contributed by atoms with Gasteiger partial charge in [0.25, 0.3) is 5.91 Å². The Morgan fingerprint density at radius 2 is 2.00 bits per heavy atom. The molecule has 0 bridgehead atoms. The summed E-state index contributed by atoms with van der Waals surface area (Å²) in [5.41, 5.74) is 2.97. The molecule has 0 aliphatic carbocycles. The number of amides is 1. The van der Waals surface area contributed by atoms with Crippen molar-refractivity contribution in [2.45, 2.75) is 33.7 Å². The number of carbonyl (C=O) groups is 1. The summed E-state index contributed by atoms with van der Waals surface area (Å²) in [7, 11) is 0. The molecule has 1 atom stereocenters. The topological polar surface area (TPSA) is 83.6 Å². The summed E-state index contributed by atoms with van der Waals surface area (Å²) in [5.74, 6) is -0.156. The van der Waals surface area contributed by atoms with Crippen molar-refractivity contribution >= 4 is 17.1 Å². The lowest BCUT2D eigenvalue weighted by atomic mass is 9.88. The zero-order valence-electron chi connectivity index (χ0n) is 14.3. The van der Waals surface area contributed by atoms with E-state index in [1.54, 1.807) is 18.6 Å². The standard InChI is InChI=1S/C18H21N5O/c1-11(18(2,3)4)22-17(24)12-9-20-16-15(12)23-14(10-21-16)13-7-5-6-8-19-13/h5-11H,1-4H3,(H,20,21)(H,22,24)/t11-/m0/s1. The molecule has 2 N–H and O–H groups in total. The Morgan fingerprint density at radius 1 is 1.21 bits per heavy atom. The van der Waals surface area contributed by atoms with E-state index >= 15 is 0 Å². The summed E-state index contributed by atoms with van der Waals surface area (Å²) in [5, 5.41) is 3.03. The molecule has 124 valence electrons. The lowest BCUT2D eigenvalue weighted by Crippen LogP contribution is -2.41. The smallest absolute Gasteiger partial charge is 0.255 e. The van der Waals surface area contributed by atoms with Crippen molar-refractivity contribution in [3.8, 4) is 11.4 Å². The number of pyridine rings is 1. The van der Waals surface area contributed by atoms with E-state index < -0.39 is 0 Å². The van der Waals surface area contributed by atoms with E-state index in [0.717, 1.165) is 5.69 Å². The Bertz CT molecular complexity index is 864. The lowest BCUT2D eigenvalue weighted by Gasteiger charge is -2.27. The van der Waals surface area contributed by atoms with Crippen LogP contribution in [0, 0.1) is 5.41 Å². The average molecular weight is 323 g/mol. The highest BCUT2D eigenvalue weighted by Gasteiger charge is 2.24. The minimum atomic E-state index is -0.156. The van der Waals surface area contributed by atoms with Crippen molar-refractivity contribution in [3.63, 3.8) is 0 Å². The van der Waals surface area contributed by atoms with Gasteiger partial charge in [0.15, 0.2) is 5.65 Å². The molecule has 24 heavy (non-hydrogen) atoms. The third-order valence-electron chi connectivity index (χ3n) is 4.20. The van der Waals surface area contributed by atoms with Gasteiger partial charge in [-0.2, -0.15) is 0 Å². The fraction of sp³-hybridized carbons (Fsp3) is 0.333. The van der Waals surface area contributed by atoms with Crippen LogP contribution < -0.4 is 5.32 Å². The first kappa shape index (κ1) is 16.1. The van der Waals surface area contributed by atoms with Crippen molar-refractivity contribution < 1.29 is 4.79 Å². The maximum atomic E-state index is 12.6. The van der Waals surface area contributed by atoms with Crippen molar-refractivity contribution in [1.82, 2.24) is 25.3 Å².